The van der Waals surface area contributed by atoms with Gasteiger partial charge in [0, 0.05) is 32.0 Å². The first-order valence-corrected chi connectivity index (χ1v) is 13.4. The Morgan fingerprint density at radius 1 is 1.17 bits per heavy atom. The molecule has 0 radical (unpaired) electrons. The number of aryl methyl sites for hydroxylation is 1. The number of morpholine rings is 1. The molecule has 0 bridgehead atoms. The van der Waals surface area contributed by atoms with Crippen LogP contribution in [0, 0.1) is 12.8 Å². The number of hydroxylamine groups is 1. The fraction of sp³-hybridized carbons (Fsp3) is 0.643. The number of amides is 1. The molecule has 0 spiro atoms. The number of hydrogen-bond acceptors (Lipinski definition) is 6. The summed E-state index contributed by atoms with van der Waals surface area (Å²) in [5, 5.41) is 0. The van der Waals surface area contributed by atoms with E-state index in [9.17, 15) is 4.79 Å². The normalized spacial score (nSPS) is 18.4. The lowest BCUT2D eigenvalue weighted by Crippen LogP contribution is -2.35. The molecule has 1 saturated carbocycles. The molecule has 1 amide bonds. The zero-order valence-electron chi connectivity index (χ0n) is 21.2. The summed E-state index contributed by atoms with van der Waals surface area (Å²) in [4.78, 5) is 25.5. The van der Waals surface area contributed by atoms with Crippen molar-refractivity contribution in [2.75, 3.05) is 26.3 Å². The third-order valence-corrected chi connectivity index (χ3v) is 7.32. The molecule has 1 atom stereocenters. The van der Waals surface area contributed by atoms with Gasteiger partial charge < -0.3 is 9.15 Å². The molecule has 192 valence electrons. The van der Waals surface area contributed by atoms with Gasteiger partial charge in [-0.2, -0.15) is 0 Å². The number of hydrogen-bond donors (Lipinski definition) is 1. The lowest BCUT2D eigenvalue weighted by Gasteiger charge is -2.25. The second kappa shape index (κ2) is 13.8. The van der Waals surface area contributed by atoms with Crippen LogP contribution in [-0.2, 0) is 27.5 Å². The van der Waals surface area contributed by atoms with Crippen molar-refractivity contribution in [3.05, 3.63) is 53.2 Å². The van der Waals surface area contributed by atoms with E-state index < -0.39 is 0 Å². The van der Waals surface area contributed by atoms with E-state index in [0.29, 0.717) is 18.9 Å². The third kappa shape index (κ3) is 8.44. The Bertz CT molecular complexity index is 889. The molecule has 1 aromatic carbocycles. The minimum absolute atomic E-state index is 0.0453. The van der Waals surface area contributed by atoms with Gasteiger partial charge in [-0.05, 0) is 24.8 Å². The molecule has 1 aliphatic heterocycles. The first-order valence-electron chi connectivity index (χ1n) is 13.4. The summed E-state index contributed by atoms with van der Waals surface area (Å²) in [6.07, 6.45) is 10.3. The molecule has 1 N–H and O–H groups in total. The van der Waals surface area contributed by atoms with Crippen molar-refractivity contribution < 1.29 is 18.8 Å². The highest BCUT2D eigenvalue weighted by Crippen LogP contribution is 2.32. The largest absolute Gasteiger partial charge is 0.445 e. The van der Waals surface area contributed by atoms with Crippen molar-refractivity contribution in [3.8, 4) is 0 Å². The molecule has 35 heavy (non-hydrogen) atoms. The summed E-state index contributed by atoms with van der Waals surface area (Å²) >= 11 is 0. The minimum Gasteiger partial charge on any atom is -0.445 e. The predicted octanol–water partition coefficient (Wildman–Crippen LogP) is 5.29. The Morgan fingerprint density at radius 2 is 1.94 bits per heavy atom. The Labute approximate surface area is 209 Å². The predicted molar refractivity (Wildman–Crippen MR) is 134 cm³/mol. The van der Waals surface area contributed by atoms with Gasteiger partial charge in [0.25, 0.3) is 0 Å². The standard InChI is InChI=1S/C28H41N3O4/c1-22-26(20-31-15-17-33-18-16-31)29-28(35-22)25(14-8-13-23-9-4-2-5-10-23)19-27(32)30-34-21-24-11-6-3-7-12-24/h3,6-7,11-12,23,25H,2,4-5,8-10,13-21H2,1H3,(H,30,32)/t25-/m1/s1. The number of oxazole rings is 1. The lowest BCUT2D eigenvalue weighted by atomic mass is 9.84. The van der Waals surface area contributed by atoms with Crippen LogP contribution in [-0.4, -0.2) is 42.1 Å². The summed E-state index contributed by atoms with van der Waals surface area (Å²) in [5.74, 6) is 2.19. The first kappa shape index (κ1) is 25.9. The van der Waals surface area contributed by atoms with Crippen molar-refractivity contribution in [2.24, 2.45) is 5.92 Å². The van der Waals surface area contributed by atoms with Crippen LogP contribution in [0.25, 0.3) is 0 Å². The number of aromatic nitrogens is 1. The molecule has 1 saturated heterocycles. The number of rotatable bonds is 12. The van der Waals surface area contributed by atoms with E-state index in [4.69, 9.17) is 19.0 Å². The van der Waals surface area contributed by atoms with Gasteiger partial charge in [-0.1, -0.05) is 75.3 Å². The fourth-order valence-electron chi connectivity index (χ4n) is 5.22. The third-order valence-electron chi connectivity index (χ3n) is 7.32. The van der Waals surface area contributed by atoms with E-state index in [2.05, 4.69) is 10.4 Å². The van der Waals surface area contributed by atoms with Crippen LogP contribution >= 0.6 is 0 Å². The van der Waals surface area contributed by atoms with Gasteiger partial charge in [0.15, 0.2) is 5.89 Å². The van der Waals surface area contributed by atoms with Gasteiger partial charge in [0.1, 0.15) is 5.76 Å². The van der Waals surface area contributed by atoms with Crippen molar-refractivity contribution >= 4 is 5.91 Å². The van der Waals surface area contributed by atoms with Gasteiger partial charge in [-0.3, -0.25) is 14.5 Å². The lowest BCUT2D eigenvalue weighted by molar-refractivity contribution is -0.135. The van der Waals surface area contributed by atoms with Crippen molar-refractivity contribution in [2.45, 2.75) is 83.8 Å². The van der Waals surface area contributed by atoms with E-state index in [0.717, 1.165) is 68.6 Å². The maximum Gasteiger partial charge on any atom is 0.244 e. The molecule has 4 rings (SSSR count). The molecule has 1 aliphatic carbocycles. The Kier molecular flexibility index (Phi) is 10.2. The van der Waals surface area contributed by atoms with E-state index in [1.54, 1.807) is 0 Å². The minimum atomic E-state index is -0.130. The van der Waals surface area contributed by atoms with Crippen molar-refractivity contribution in [1.29, 1.82) is 0 Å². The van der Waals surface area contributed by atoms with E-state index in [-0.39, 0.29) is 11.8 Å². The highest BCUT2D eigenvalue weighted by Gasteiger charge is 2.25. The monoisotopic (exact) mass is 483 g/mol. The topological polar surface area (TPSA) is 76.8 Å². The first-order chi connectivity index (χ1) is 17.2. The Morgan fingerprint density at radius 3 is 2.71 bits per heavy atom. The number of carbonyl (C=O) groups excluding carboxylic acids is 1. The number of ether oxygens (including phenoxy) is 1. The molecule has 7 nitrogen and oxygen atoms in total. The van der Waals surface area contributed by atoms with Gasteiger partial charge in [0.2, 0.25) is 5.91 Å². The van der Waals surface area contributed by atoms with Gasteiger partial charge in [0.05, 0.1) is 25.5 Å². The molecule has 2 aliphatic rings. The van der Waals surface area contributed by atoms with E-state index >= 15 is 0 Å². The summed E-state index contributed by atoms with van der Waals surface area (Å²) in [7, 11) is 0. The summed E-state index contributed by atoms with van der Waals surface area (Å²) in [6, 6.07) is 9.84. The Balaban J connectivity index is 1.34. The molecule has 0 unspecified atom stereocenters. The average Bonchev–Trinajstić information content (AvgIpc) is 3.25. The Hall–Kier alpha value is -2.22. The zero-order chi connectivity index (χ0) is 24.3. The molecular weight excluding hydrogens is 442 g/mol. The fourth-order valence-corrected chi connectivity index (χ4v) is 5.22. The second-order valence-electron chi connectivity index (χ2n) is 10.1. The molecule has 2 fully saturated rings. The van der Waals surface area contributed by atoms with Crippen molar-refractivity contribution in [1.82, 2.24) is 15.4 Å². The van der Waals surface area contributed by atoms with Crippen LogP contribution in [0.5, 0.6) is 0 Å². The van der Waals surface area contributed by atoms with Crippen LogP contribution in [0.1, 0.15) is 86.6 Å². The highest BCUT2D eigenvalue weighted by atomic mass is 16.6. The number of nitrogens with zero attached hydrogens (tertiary/aromatic N) is 2. The molecule has 7 heteroatoms. The second-order valence-corrected chi connectivity index (χ2v) is 10.1. The summed E-state index contributed by atoms with van der Waals surface area (Å²) in [5.41, 5.74) is 4.62. The number of carbonyl (C=O) groups is 1. The average molecular weight is 484 g/mol. The molecule has 2 heterocycles. The molecule has 1 aromatic heterocycles. The maximum atomic E-state index is 12.8. The van der Waals surface area contributed by atoms with E-state index in [1.807, 2.05) is 37.3 Å². The van der Waals surface area contributed by atoms with Gasteiger partial charge >= 0.3 is 0 Å². The number of benzene rings is 1. The zero-order valence-corrected chi connectivity index (χ0v) is 21.2. The van der Waals surface area contributed by atoms with Crippen LogP contribution in [0.3, 0.4) is 0 Å². The van der Waals surface area contributed by atoms with Crippen LogP contribution in [0.4, 0.5) is 0 Å². The maximum absolute atomic E-state index is 12.8. The van der Waals surface area contributed by atoms with Crippen LogP contribution in [0.15, 0.2) is 34.7 Å². The SMILES string of the molecule is Cc1oc([C@H](CCCC2CCCCC2)CC(=O)NOCc2ccccc2)nc1CN1CCOCC1. The highest BCUT2D eigenvalue weighted by molar-refractivity contribution is 5.75. The van der Waals surface area contributed by atoms with Crippen molar-refractivity contribution in [3.63, 3.8) is 0 Å². The smallest absolute Gasteiger partial charge is 0.244 e. The molecular formula is C28H41N3O4. The number of nitrogens with one attached hydrogen (secondary N) is 1. The quantitative estimate of drug-likeness (QED) is 0.414. The van der Waals surface area contributed by atoms with E-state index in [1.165, 1.54) is 38.5 Å². The van der Waals surface area contributed by atoms with Gasteiger partial charge in [-0.15, -0.1) is 0 Å². The van der Waals surface area contributed by atoms with Crippen LogP contribution in [0.2, 0.25) is 0 Å². The van der Waals surface area contributed by atoms with Gasteiger partial charge in [-0.25, -0.2) is 10.5 Å². The summed E-state index contributed by atoms with van der Waals surface area (Å²) in [6.45, 7) is 6.43. The summed E-state index contributed by atoms with van der Waals surface area (Å²) < 4.78 is 11.6. The molecule has 2 aromatic rings. The van der Waals surface area contributed by atoms with Crippen LogP contribution < -0.4 is 5.48 Å².